The van der Waals surface area contributed by atoms with Crippen LogP contribution in [0.25, 0.3) is 11.0 Å². The van der Waals surface area contributed by atoms with E-state index in [1.807, 2.05) is 12.1 Å². The fourth-order valence-corrected chi connectivity index (χ4v) is 3.71. The minimum absolute atomic E-state index is 0.254. The zero-order chi connectivity index (χ0) is 16.0. The van der Waals surface area contributed by atoms with Gasteiger partial charge in [0.1, 0.15) is 0 Å². The molecule has 4 rings (SSSR count). The summed E-state index contributed by atoms with van der Waals surface area (Å²) >= 11 is 7.94. The molecule has 1 aliphatic heterocycles. The second kappa shape index (κ2) is 5.65. The van der Waals surface area contributed by atoms with Crippen LogP contribution in [-0.4, -0.2) is 16.8 Å². The highest BCUT2D eigenvalue weighted by atomic mass is 35.5. The molecule has 3 aromatic rings. The van der Waals surface area contributed by atoms with Crippen LogP contribution < -0.4 is 9.47 Å². The van der Waals surface area contributed by atoms with Crippen molar-refractivity contribution in [3.05, 3.63) is 46.0 Å². The van der Waals surface area contributed by atoms with Crippen molar-refractivity contribution in [1.29, 1.82) is 0 Å². The van der Waals surface area contributed by atoms with E-state index in [0.29, 0.717) is 16.5 Å². The summed E-state index contributed by atoms with van der Waals surface area (Å²) in [6.45, 7) is 4.46. The number of nitrogens with one attached hydrogen (secondary N) is 1. The van der Waals surface area contributed by atoms with Crippen LogP contribution in [0.3, 0.4) is 0 Å². The molecule has 2 aromatic carbocycles. The van der Waals surface area contributed by atoms with Crippen LogP contribution in [0.4, 0.5) is 0 Å². The van der Waals surface area contributed by atoms with Crippen LogP contribution in [0, 0.1) is 13.8 Å². The Labute approximate surface area is 143 Å². The lowest BCUT2D eigenvalue weighted by Crippen LogP contribution is -1.92. The average Bonchev–Trinajstić information content (AvgIpc) is 3.11. The molecule has 0 radical (unpaired) electrons. The minimum Gasteiger partial charge on any atom is -0.454 e. The average molecular weight is 347 g/mol. The first kappa shape index (κ1) is 14.7. The number of nitrogens with zero attached hydrogens (tertiary/aromatic N) is 1. The molecule has 0 saturated carbocycles. The summed E-state index contributed by atoms with van der Waals surface area (Å²) in [6, 6.07) is 7.99. The van der Waals surface area contributed by atoms with E-state index in [4.69, 9.17) is 21.1 Å². The van der Waals surface area contributed by atoms with Crippen LogP contribution in [0.2, 0.25) is 5.02 Å². The van der Waals surface area contributed by atoms with Crippen molar-refractivity contribution >= 4 is 34.4 Å². The highest BCUT2D eigenvalue weighted by Gasteiger charge is 2.17. The smallest absolute Gasteiger partial charge is 0.231 e. The molecule has 1 aromatic heterocycles. The molecule has 4 nitrogen and oxygen atoms in total. The van der Waals surface area contributed by atoms with E-state index in [-0.39, 0.29) is 6.79 Å². The molecule has 6 heteroatoms. The summed E-state index contributed by atoms with van der Waals surface area (Å²) in [5.74, 6) is 2.17. The molecule has 0 fully saturated rings. The Morgan fingerprint density at radius 1 is 1.13 bits per heavy atom. The third-order valence-electron chi connectivity index (χ3n) is 3.98. The summed E-state index contributed by atoms with van der Waals surface area (Å²) in [5.41, 5.74) is 5.57. The number of benzene rings is 2. The number of hydrogen-bond donors (Lipinski definition) is 1. The zero-order valence-corrected chi connectivity index (χ0v) is 14.3. The van der Waals surface area contributed by atoms with E-state index in [9.17, 15) is 0 Å². The number of thioether (sulfide) groups is 1. The molecule has 0 unspecified atom stereocenters. The van der Waals surface area contributed by atoms with Gasteiger partial charge in [-0.2, -0.15) is 0 Å². The topological polar surface area (TPSA) is 47.1 Å². The van der Waals surface area contributed by atoms with Crippen molar-refractivity contribution in [3.63, 3.8) is 0 Å². The number of aromatic amines is 1. The highest BCUT2D eigenvalue weighted by Crippen LogP contribution is 2.38. The lowest BCUT2D eigenvalue weighted by Gasteiger charge is -2.04. The normalized spacial score (nSPS) is 13.0. The van der Waals surface area contributed by atoms with E-state index in [0.717, 1.165) is 27.5 Å². The molecule has 118 valence electrons. The zero-order valence-electron chi connectivity index (χ0n) is 12.8. The van der Waals surface area contributed by atoms with Crippen molar-refractivity contribution in [3.8, 4) is 11.5 Å². The molecule has 0 spiro atoms. The monoisotopic (exact) mass is 346 g/mol. The van der Waals surface area contributed by atoms with Crippen LogP contribution in [0.15, 0.2) is 29.4 Å². The second-order valence-electron chi connectivity index (χ2n) is 5.58. The minimum atomic E-state index is 0.254. The van der Waals surface area contributed by atoms with Gasteiger partial charge in [-0.25, -0.2) is 4.98 Å². The molecule has 0 saturated heterocycles. The maximum absolute atomic E-state index is 6.31. The van der Waals surface area contributed by atoms with Crippen molar-refractivity contribution in [2.45, 2.75) is 24.8 Å². The first-order chi connectivity index (χ1) is 11.1. The Balaban J connectivity index is 1.57. The van der Waals surface area contributed by atoms with E-state index >= 15 is 0 Å². The molecule has 0 bridgehead atoms. The molecule has 0 atom stereocenters. The van der Waals surface area contributed by atoms with Crippen molar-refractivity contribution < 1.29 is 9.47 Å². The van der Waals surface area contributed by atoms with E-state index in [2.05, 4.69) is 35.9 Å². The van der Waals surface area contributed by atoms with E-state index in [1.165, 1.54) is 11.1 Å². The Kier molecular flexibility index (Phi) is 3.62. The molecule has 0 aliphatic carbocycles. The van der Waals surface area contributed by atoms with Gasteiger partial charge in [-0.15, -0.1) is 0 Å². The highest BCUT2D eigenvalue weighted by molar-refractivity contribution is 7.98. The van der Waals surface area contributed by atoms with Gasteiger partial charge in [-0.3, -0.25) is 0 Å². The number of fused-ring (bicyclic) bond motifs is 2. The number of rotatable bonds is 3. The first-order valence-electron chi connectivity index (χ1n) is 7.28. The number of aromatic nitrogens is 2. The molecule has 1 aliphatic rings. The van der Waals surface area contributed by atoms with Gasteiger partial charge in [0.05, 0.1) is 11.0 Å². The SMILES string of the molecule is Cc1cc2nc(SCc3cc4c(cc3Cl)OCO4)[nH]c2cc1C. The number of halogens is 1. The standard InChI is InChI=1S/C17H15ClN2O2S/c1-9-3-13-14(4-10(9)2)20-17(19-13)23-7-11-5-15-16(6-12(11)18)22-8-21-15/h3-6H,7-8H2,1-2H3,(H,19,20). The van der Waals surface area contributed by atoms with Gasteiger partial charge in [0.25, 0.3) is 0 Å². The third kappa shape index (κ3) is 2.75. The second-order valence-corrected chi connectivity index (χ2v) is 6.95. The molecular weight excluding hydrogens is 332 g/mol. The van der Waals surface area contributed by atoms with Crippen LogP contribution in [0.1, 0.15) is 16.7 Å². The number of hydrogen-bond acceptors (Lipinski definition) is 4. The Hall–Kier alpha value is -1.85. The predicted molar refractivity (Wildman–Crippen MR) is 92.7 cm³/mol. The van der Waals surface area contributed by atoms with Crippen LogP contribution in [0.5, 0.6) is 11.5 Å². The molecule has 0 amide bonds. The van der Waals surface area contributed by atoms with Crippen molar-refractivity contribution in [2.75, 3.05) is 6.79 Å². The summed E-state index contributed by atoms with van der Waals surface area (Å²) in [4.78, 5) is 8.00. The van der Waals surface area contributed by atoms with Crippen LogP contribution >= 0.6 is 23.4 Å². The van der Waals surface area contributed by atoms with Crippen LogP contribution in [-0.2, 0) is 5.75 Å². The lowest BCUT2D eigenvalue weighted by atomic mass is 10.1. The maximum atomic E-state index is 6.31. The largest absolute Gasteiger partial charge is 0.454 e. The Morgan fingerprint density at radius 2 is 1.87 bits per heavy atom. The number of aryl methyl sites for hydroxylation is 2. The summed E-state index contributed by atoms with van der Waals surface area (Å²) < 4.78 is 10.7. The van der Waals surface area contributed by atoms with Gasteiger partial charge in [-0.05, 0) is 48.7 Å². The summed E-state index contributed by atoms with van der Waals surface area (Å²) in [7, 11) is 0. The fourth-order valence-electron chi connectivity index (χ4n) is 2.53. The molecule has 2 heterocycles. The van der Waals surface area contributed by atoms with Gasteiger partial charge in [-0.1, -0.05) is 23.4 Å². The summed E-state index contributed by atoms with van der Waals surface area (Å²) in [6.07, 6.45) is 0. The first-order valence-corrected chi connectivity index (χ1v) is 8.64. The third-order valence-corrected chi connectivity index (χ3v) is 5.26. The number of H-pyrrole nitrogens is 1. The Morgan fingerprint density at radius 3 is 2.70 bits per heavy atom. The quantitative estimate of drug-likeness (QED) is 0.688. The van der Waals surface area contributed by atoms with Gasteiger partial charge in [0.15, 0.2) is 16.7 Å². The predicted octanol–water partition coefficient (Wildman–Crippen LogP) is 4.85. The molecular formula is C17H15ClN2O2S. The van der Waals surface area contributed by atoms with Crippen molar-refractivity contribution in [1.82, 2.24) is 9.97 Å². The lowest BCUT2D eigenvalue weighted by molar-refractivity contribution is 0.174. The van der Waals surface area contributed by atoms with Crippen molar-refractivity contribution in [2.24, 2.45) is 0 Å². The molecule has 23 heavy (non-hydrogen) atoms. The number of imidazole rings is 1. The Bertz CT molecular complexity index is 868. The van der Waals surface area contributed by atoms with Gasteiger partial charge >= 0.3 is 0 Å². The maximum Gasteiger partial charge on any atom is 0.231 e. The molecule has 1 N–H and O–H groups in total. The van der Waals surface area contributed by atoms with Gasteiger partial charge in [0.2, 0.25) is 6.79 Å². The number of ether oxygens (including phenoxy) is 2. The van der Waals surface area contributed by atoms with E-state index in [1.54, 1.807) is 11.8 Å². The van der Waals surface area contributed by atoms with Gasteiger partial charge < -0.3 is 14.5 Å². The fraction of sp³-hybridized carbons (Fsp3) is 0.235. The van der Waals surface area contributed by atoms with Gasteiger partial charge in [0, 0.05) is 16.8 Å². The summed E-state index contributed by atoms with van der Waals surface area (Å²) in [5, 5.41) is 1.57. The van der Waals surface area contributed by atoms with E-state index < -0.39 is 0 Å².